The highest BCUT2D eigenvalue weighted by molar-refractivity contribution is 5.82. The number of methoxy groups -OCH3 is 2. The lowest BCUT2D eigenvalue weighted by Crippen LogP contribution is -2.47. The molecular weight excluding hydrogens is 358 g/mol. The summed E-state index contributed by atoms with van der Waals surface area (Å²) in [6.45, 7) is 6.89. The van der Waals surface area contributed by atoms with Crippen LogP contribution in [-0.4, -0.2) is 68.1 Å². The van der Waals surface area contributed by atoms with Crippen molar-refractivity contribution in [2.24, 2.45) is 0 Å². The van der Waals surface area contributed by atoms with E-state index in [9.17, 15) is 9.59 Å². The van der Waals surface area contributed by atoms with Crippen molar-refractivity contribution in [3.05, 3.63) is 23.8 Å². The topological polar surface area (TPSA) is 71.1 Å². The zero-order valence-electron chi connectivity index (χ0n) is 17.9. The van der Waals surface area contributed by atoms with E-state index in [1.54, 1.807) is 26.2 Å². The fourth-order valence-electron chi connectivity index (χ4n) is 3.57. The molecule has 1 saturated heterocycles. The van der Waals surface area contributed by atoms with Crippen LogP contribution < -0.4 is 14.8 Å². The van der Waals surface area contributed by atoms with Crippen LogP contribution in [0.4, 0.5) is 0 Å². The lowest BCUT2D eigenvalue weighted by Gasteiger charge is -2.29. The fraction of sp³-hybridized carbons (Fsp3) is 0.619. The number of carbonyl (C=O) groups is 2. The molecule has 0 bridgehead atoms. The van der Waals surface area contributed by atoms with Crippen LogP contribution >= 0.6 is 0 Å². The second kappa shape index (κ2) is 9.28. The SMILES string of the molecule is COc1ccc(OC)c([C@@H]2CCCN2C(=O)CN(C)CC(=O)NC(C)(C)C)c1. The van der Waals surface area contributed by atoms with Gasteiger partial charge >= 0.3 is 0 Å². The van der Waals surface area contributed by atoms with E-state index < -0.39 is 0 Å². The standard InChI is InChI=1S/C21H33N3O4/c1-21(2,3)22-19(25)13-23(4)14-20(26)24-11-7-8-17(24)16-12-15(27-5)9-10-18(16)28-6/h9-10,12,17H,7-8,11,13-14H2,1-6H3,(H,22,25)/t17-/m0/s1. The Labute approximate surface area is 168 Å². The molecule has 1 fully saturated rings. The molecule has 1 aliphatic rings. The van der Waals surface area contributed by atoms with Gasteiger partial charge in [-0.1, -0.05) is 0 Å². The first-order valence-electron chi connectivity index (χ1n) is 9.65. The molecule has 0 aromatic heterocycles. The van der Waals surface area contributed by atoms with Crippen LogP contribution in [0.2, 0.25) is 0 Å². The summed E-state index contributed by atoms with van der Waals surface area (Å²) in [5.41, 5.74) is 0.672. The summed E-state index contributed by atoms with van der Waals surface area (Å²) in [6, 6.07) is 5.62. The highest BCUT2D eigenvalue weighted by atomic mass is 16.5. The van der Waals surface area contributed by atoms with Crippen LogP contribution in [-0.2, 0) is 9.59 Å². The third kappa shape index (κ3) is 5.86. The van der Waals surface area contributed by atoms with Gasteiger partial charge in [-0.05, 0) is 58.9 Å². The van der Waals surface area contributed by atoms with E-state index in [1.165, 1.54) is 0 Å². The number of hydrogen-bond donors (Lipinski definition) is 1. The number of benzene rings is 1. The maximum atomic E-state index is 12.9. The van der Waals surface area contributed by atoms with Gasteiger partial charge in [-0.15, -0.1) is 0 Å². The average molecular weight is 392 g/mol. The van der Waals surface area contributed by atoms with Crippen LogP contribution in [0, 0.1) is 0 Å². The lowest BCUT2D eigenvalue weighted by atomic mass is 10.0. The van der Waals surface area contributed by atoms with Gasteiger partial charge in [0.1, 0.15) is 11.5 Å². The number of hydrogen-bond acceptors (Lipinski definition) is 5. The van der Waals surface area contributed by atoms with Crippen molar-refractivity contribution in [2.45, 2.75) is 45.2 Å². The van der Waals surface area contributed by atoms with Crippen molar-refractivity contribution >= 4 is 11.8 Å². The van der Waals surface area contributed by atoms with E-state index in [0.29, 0.717) is 6.54 Å². The summed E-state index contributed by atoms with van der Waals surface area (Å²) in [4.78, 5) is 28.7. The van der Waals surface area contributed by atoms with Crippen molar-refractivity contribution in [3.8, 4) is 11.5 Å². The van der Waals surface area contributed by atoms with Crippen molar-refractivity contribution in [1.29, 1.82) is 0 Å². The van der Waals surface area contributed by atoms with Gasteiger partial charge in [0.15, 0.2) is 0 Å². The maximum Gasteiger partial charge on any atom is 0.237 e. The number of nitrogens with zero attached hydrogens (tertiary/aromatic N) is 2. The first kappa shape index (κ1) is 22.0. The number of ether oxygens (including phenoxy) is 2. The Morgan fingerprint density at radius 2 is 1.93 bits per heavy atom. The zero-order valence-corrected chi connectivity index (χ0v) is 17.9. The molecule has 1 aromatic rings. The molecule has 0 aliphatic carbocycles. The molecular formula is C21H33N3O4. The second-order valence-electron chi connectivity index (χ2n) is 8.32. The Balaban J connectivity index is 2.06. The molecule has 7 heteroatoms. The molecule has 1 aromatic carbocycles. The van der Waals surface area contributed by atoms with Crippen molar-refractivity contribution in [3.63, 3.8) is 0 Å². The van der Waals surface area contributed by atoms with Gasteiger partial charge in [-0.2, -0.15) is 0 Å². The molecule has 1 N–H and O–H groups in total. The molecule has 0 radical (unpaired) electrons. The van der Waals surface area contributed by atoms with Gasteiger partial charge in [-0.3, -0.25) is 14.5 Å². The van der Waals surface area contributed by atoms with E-state index in [2.05, 4.69) is 5.32 Å². The van der Waals surface area contributed by atoms with E-state index in [0.717, 1.165) is 29.9 Å². The van der Waals surface area contributed by atoms with E-state index >= 15 is 0 Å². The Kier molecular flexibility index (Phi) is 7.29. The van der Waals surface area contributed by atoms with Crippen molar-refractivity contribution in [1.82, 2.24) is 15.1 Å². The van der Waals surface area contributed by atoms with Gasteiger partial charge in [0.2, 0.25) is 11.8 Å². The maximum absolute atomic E-state index is 12.9. The van der Waals surface area contributed by atoms with Crippen LogP contribution in [0.15, 0.2) is 18.2 Å². The minimum atomic E-state index is -0.287. The molecule has 0 spiro atoms. The fourth-order valence-corrected chi connectivity index (χ4v) is 3.57. The highest BCUT2D eigenvalue weighted by Crippen LogP contribution is 2.38. The molecule has 2 rings (SSSR count). The molecule has 1 heterocycles. The predicted molar refractivity (Wildman–Crippen MR) is 109 cm³/mol. The Bertz CT molecular complexity index is 699. The number of carbonyl (C=O) groups excluding carboxylic acids is 2. The number of likely N-dealkylation sites (tertiary alicyclic amines) is 1. The number of amides is 2. The van der Waals surface area contributed by atoms with Crippen molar-refractivity contribution in [2.75, 3.05) is 40.9 Å². The summed E-state index contributed by atoms with van der Waals surface area (Å²) in [5.74, 6) is 1.42. The molecule has 156 valence electrons. The van der Waals surface area contributed by atoms with Gasteiger partial charge < -0.3 is 19.7 Å². The van der Waals surface area contributed by atoms with Crippen molar-refractivity contribution < 1.29 is 19.1 Å². The van der Waals surface area contributed by atoms with Crippen LogP contribution in [0.25, 0.3) is 0 Å². The Hall–Kier alpha value is -2.28. The summed E-state index contributed by atoms with van der Waals surface area (Å²) in [6.07, 6.45) is 1.81. The molecule has 7 nitrogen and oxygen atoms in total. The Morgan fingerprint density at radius 3 is 2.54 bits per heavy atom. The molecule has 28 heavy (non-hydrogen) atoms. The largest absolute Gasteiger partial charge is 0.497 e. The molecule has 0 unspecified atom stereocenters. The van der Waals surface area contributed by atoms with E-state index in [-0.39, 0.29) is 36.5 Å². The molecule has 1 atom stereocenters. The van der Waals surface area contributed by atoms with Gasteiger partial charge in [0.25, 0.3) is 0 Å². The first-order chi connectivity index (χ1) is 13.1. The monoisotopic (exact) mass is 391 g/mol. The quantitative estimate of drug-likeness (QED) is 0.772. The molecule has 0 saturated carbocycles. The highest BCUT2D eigenvalue weighted by Gasteiger charge is 2.32. The summed E-state index contributed by atoms with van der Waals surface area (Å²) in [7, 11) is 5.05. The lowest BCUT2D eigenvalue weighted by molar-refractivity contribution is -0.133. The average Bonchev–Trinajstić information content (AvgIpc) is 3.08. The third-order valence-electron chi connectivity index (χ3n) is 4.70. The molecule has 2 amide bonds. The number of likely N-dealkylation sites (N-methyl/N-ethyl adjacent to an activating group) is 1. The summed E-state index contributed by atoms with van der Waals surface area (Å²) < 4.78 is 10.9. The summed E-state index contributed by atoms with van der Waals surface area (Å²) >= 11 is 0. The van der Waals surface area contributed by atoms with Crippen LogP contribution in [0.5, 0.6) is 11.5 Å². The number of nitrogens with one attached hydrogen (secondary N) is 1. The smallest absolute Gasteiger partial charge is 0.237 e. The zero-order chi connectivity index (χ0) is 20.9. The van der Waals surface area contributed by atoms with Gasteiger partial charge in [-0.25, -0.2) is 0 Å². The summed E-state index contributed by atoms with van der Waals surface area (Å²) in [5, 5.41) is 2.92. The normalized spacial score (nSPS) is 17.0. The molecule has 1 aliphatic heterocycles. The second-order valence-corrected chi connectivity index (χ2v) is 8.32. The first-order valence-corrected chi connectivity index (χ1v) is 9.65. The third-order valence-corrected chi connectivity index (χ3v) is 4.70. The van der Waals surface area contributed by atoms with E-state index in [4.69, 9.17) is 9.47 Å². The van der Waals surface area contributed by atoms with Crippen LogP contribution in [0.3, 0.4) is 0 Å². The number of rotatable bonds is 7. The van der Waals surface area contributed by atoms with Gasteiger partial charge in [0.05, 0.1) is 33.4 Å². The van der Waals surface area contributed by atoms with E-state index in [1.807, 2.05) is 43.9 Å². The predicted octanol–water partition coefficient (Wildman–Crippen LogP) is 2.21. The Morgan fingerprint density at radius 1 is 1.21 bits per heavy atom. The minimum Gasteiger partial charge on any atom is -0.497 e. The van der Waals surface area contributed by atoms with Gasteiger partial charge in [0, 0.05) is 17.6 Å². The minimum absolute atomic E-state index is 0.0124. The van der Waals surface area contributed by atoms with Crippen LogP contribution in [0.1, 0.15) is 45.2 Å².